The fourth-order valence-electron chi connectivity index (χ4n) is 1.60. The minimum Gasteiger partial charge on any atom is -0.494 e. The van der Waals surface area contributed by atoms with E-state index in [2.05, 4.69) is 17.6 Å². The molecule has 2 heterocycles. The van der Waals surface area contributed by atoms with Gasteiger partial charge in [0, 0.05) is 11.9 Å². The molecular weight excluding hydrogens is 228 g/mol. The summed E-state index contributed by atoms with van der Waals surface area (Å²) in [6.45, 7) is 0. The van der Waals surface area contributed by atoms with Crippen LogP contribution in [0.1, 0.15) is 16.3 Å². The Morgan fingerprint density at radius 2 is 2.44 bits per heavy atom. The molecule has 0 saturated carbocycles. The third kappa shape index (κ3) is 1.51. The fraction of sp³-hybridized carbons (Fsp3) is 0.200. The number of carboxylic acids is 1. The Morgan fingerprint density at radius 1 is 1.69 bits per heavy atom. The predicted molar refractivity (Wildman–Crippen MR) is 61.4 cm³/mol. The number of carbonyl (C=O) groups is 1. The van der Waals surface area contributed by atoms with Crippen LogP contribution in [0.5, 0.6) is 5.75 Å². The molecule has 6 heteroatoms. The lowest BCUT2D eigenvalue weighted by Gasteiger charge is -2.03. The third-order valence-corrected chi connectivity index (χ3v) is 2.55. The van der Waals surface area contributed by atoms with Gasteiger partial charge in [-0.05, 0) is 12.1 Å². The van der Waals surface area contributed by atoms with Gasteiger partial charge in [0.15, 0.2) is 5.69 Å². The van der Waals surface area contributed by atoms with Gasteiger partial charge in [0.1, 0.15) is 17.1 Å². The van der Waals surface area contributed by atoms with Gasteiger partial charge in [-0.1, -0.05) is 0 Å². The Kier molecular flexibility index (Phi) is 2.74. The molecule has 0 saturated heterocycles. The Bertz CT molecular complexity index is 550. The summed E-state index contributed by atoms with van der Waals surface area (Å²) in [6, 6.07) is 3.47. The molecule has 0 spiro atoms. The number of hydrogen-bond acceptors (Lipinski definition) is 4. The topological polar surface area (TPSA) is 63.8 Å². The van der Waals surface area contributed by atoms with E-state index in [9.17, 15) is 4.79 Å². The van der Waals surface area contributed by atoms with Gasteiger partial charge in [0.25, 0.3) is 0 Å². The first-order chi connectivity index (χ1) is 7.69. The molecule has 0 aliphatic carbocycles. The average Bonchev–Trinajstić information content (AvgIpc) is 2.67. The van der Waals surface area contributed by atoms with Gasteiger partial charge in [-0.25, -0.2) is 9.78 Å². The molecule has 5 nitrogen and oxygen atoms in total. The number of carboxylic acid groups (broad SMARTS) is 1. The van der Waals surface area contributed by atoms with Gasteiger partial charge in [-0.15, -0.1) is 0 Å². The van der Waals surface area contributed by atoms with Crippen LogP contribution in [0.4, 0.5) is 0 Å². The highest BCUT2D eigenvalue weighted by atomic mass is 32.1. The van der Waals surface area contributed by atoms with Gasteiger partial charge < -0.3 is 9.84 Å². The summed E-state index contributed by atoms with van der Waals surface area (Å²) in [5, 5.41) is 9.06. The number of pyridine rings is 1. The summed E-state index contributed by atoms with van der Waals surface area (Å²) in [4.78, 5) is 15.1. The monoisotopic (exact) mass is 238 g/mol. The van der Waals surface area contributed by atoms with E-state index < -0.39 is 5.97 Å². The summed E-state index contributed by atoms with van der Waals surface area (Å²) in [5.41, 5.74) is 0.447. The van der Waals surface area contributed by atoms with Crippen LogP contribution in [0.15, 0.2) is 18.3 Å². The quantitative estimate of drug-likeness (QED) is 0.795. The standard InChI is InChI=1S/C10H10N2O3S/c1-15-6-3-2-4-12-7(5-16)11-8(9(6)12)10(13)14/h2-4,16H,5H2,1H3,(H,13,14). The minimum atomic E-state index is -1.07. The van der Waals surface area contributed by atoms with Gasteiger partial charge >= 0.3 is 5.97 Å². The summed E-state index contributed by atoms with van der Waals surface area (Å²) < 4.78 is 6.80. The molecule has 0 atom stereocenters. The zero-order valence-electron chi connectivity index (χ0n) is 8.54. The zero-order valence-corrected chi connectivity index (χ0v) is 9.44. The van der Waals surface area contributed by atoms with Crippen LogP contribution in [0, 0.1) is 0 Å². The first-order valence-corrected chi connectivity index (χ1v) is 5.20. The molecule has 0 aromatic carbocycles. The van der Waals surface area contributed by atoms with E-state index >= 15 is 0 Å². The smallest absolute Gasteiger partial charge is 0.356 e. The molecular formula is C10H10N2O3S. The molecule has 84 valence electrons. The van der Waals surface area contributed by atoms with E-state index in [4.69, 9.17) is 9.84 Å². The second kappa shape index (κ2) is 4.05. The first-order valence-electron chi connectivity index (χ1n) is 4.57. The lowest BCUT2D eigenvalue weighted by Crippen LogP contribution is -1.99. The van der Waals surface area contributed by atoms with Crippen LogP contribution in [0.3, 0.4) is 0 Å². The van der Waals surface area contributed by atoms with E-state index in [1.165, 1.54) is 7.11 Å². The van der Waals surface area contributed by atoms with Crippen molar-refractivity contribution >= 4 is 24.1 Å². The van der Waals surface area contributed by atoms with E-state index in [0.29, 0.717) is 22.8 Å². The Balaban J connectivity index is 2.85. The van der Waals surface area contributed by atoms with Gasteiger partial charge in [-0.2, -0.15) is 12.6 Å². The second-order valence-electron chi connectivity index (χ2n) is 3.14. The number of rotatable bonds is 3. The molecule has 2 aromatic rings. The second-order valence-corrected chi connectivity index (χ2v) is 3.45. The van der Waals surface area contributed by atoms with Crippen LogP contribution in [0.25, 0.3) is 5.52 Å². The number of imidazole rings is 1. The number of fused-ring (bicyclic) bond motifs is 1. The van der Waals surface area contributed by atoms with Crippen molar-refractivity contribution < 1.29 is 14.6 Å². The van der Waals surface area contributed by atoms with Crippen molar-refractivity contribution in [1.29, 1.82) is 0 Å². The van der Waals surface area contributed by atoms with Crippen molar-refractivity contribution in [3.05, 3.63) is 29.8 Å². The van der Waals surface area contributed by atoms with E-state index in [-0.39, 0.29) is 5.69 Å². The average molecular weight is 238 g/mol. The maximum Gasteiger partial charge on any atom is 0.356 e. The maximum atomic E-state index is 11.1. The van der Waals surface area contributed by atoms with Crippen molar-refractivity contribution in [1.82, 2.24) is 9.38 Å². The Labute approximate surface area is 97.1 Å². The molecule has 0 amide bonds. The van der Waals surface area contributed by atoms with Gasteiger partial charge in [-0.3, -0.25) is 4.40 Å². The number of thiol groups is 1. The number of nitrogens with zero attached hydrogens (tertiary/aromatic N) is 2. The van der Waals surface area contributed by atoms with E-state index in [1.54, 1.807) is 22.7 Å². The Morgan fingerprint density at radius 3 is 3.00 bits per heavy atom. The number of hydrogen-bond donors (Lipinski definition) is 2. The summed E-state index contributed by atoms with van der Waals surface area (Å²) in [7, 11) is 1.49. The predicted octanol–water partition coefficient (Wildman–Crippen LogP) is 1.47. The number of aromatic nitrogens is 2. The highest BCUT2D eigenvalue weighted by molar-refractivity contribution is 7.79. The van der Waals surface area contributed by atoms with Gasteiger partial charge in [0.05, 0.1) is 7.11 Å². The zero-order chi connectivity index (χ0) is 11.7. The highest BCUT2D eigenvalue weighted by Crippen LogP contribution is 2.24. The third-order valence-electron chi connectivity index (χ3n) is 2.26. The molecule has 0 bridgehead atoms. The van der Waals surface area contributed by atoms with Crippen LogP contribution in [-0.2, 0) is 5.75 Å². The van der Waals surface area contributed by atoms with Crippen molar-refractivity contribution in [3.63, 3.8) is 0 Å². The lowest BCUT2D eigenvalue weighted by molar-refractivity contribution is 0.0693. The van der Waals surface area contributed by atoms with E-state index in [1.807, 2.05) is 0 Å². The number of methoxy groups -OCH3 is 1. The molecule has 2 aromatic heterocycles. The number of ether oxygens (including phenoxy) is 1. The van der Waals surface area contributed by atoms with Crippen LogP contribution >= 0.6 is 12.6 Å². The van der Waals surface area contributed by atoms with Crippen LogP contribution in [-0.4, -0.2) is 27.6 Å². The summed E-state index contributed by atoms with van der Waals surface area (Å²) in [6.07, 6.45) is 1.74. The number of aromatic carboxylic acids is 1. The SMILES string of the molecule is COc1cccn2c(CS)nc(C(=O)O)c12. The van der Waals surface area contributed by atoms with Crippen LogP contribution in [0.2, 0.25) is 0 Å². The van der Waals surface area contributed by atoms with Crippen molar-refractivity contribution in [3.8, 4) is 5.75 Å². The molecule has 0 aliphatic rings. The summed E-state index contributed by atoms with van der Waals surface area (Å²) in [5.74, 6) is 0.354. The highest BCUT2D eigenvalue weighted by Gasteiger charge is 2.19. The minimum absolute atomic E-state index is 0.0125. The van der Waals surface area contributed by atoms with Crippen LogP contribution < -0.4 is 4.74 Å². The van der Waals surface area contributed by atoms with Crippen molar-refractivity contribution in [2.24, 2.45) is 0 Å². The van der Waals surface area contributed by atoms with Gasteiger partial charge in [0.2, 0.25) is 0 Å². The molecule has 2 rings (SSSR count). The maximum absolute atomic E-state index is 11.1. The van der Waals surface area contributed by atoms with E-state index in [0.717, 1.165) is 0 Å². The molecule has 0 fully saturated rings. The lowest BCUT2D eigenvalue weighted by atomic mass is 10.3. The summed E-state index contributed by atoms with van der Waals surface area (Å²) >= 11 is 4.11. The first kappa shape index (κ1) is 10.8. The Hall–Kier alpha value is -1.69. The molecule has 1 N–H and O–H groups in total. The van der Waals surface area contributed by atoms with Crippen molar-refractivity contribution in [2.45, 2.75) is 5.75 Å². The molecule has 0 unspecified atom stereocenters. The molecule has 0 radical (unpaired) electrons. The fourth-order valence-corrected chi connectivity index (χ4v) is 1.82. The van der Waals surface area contributed by atoms with Crippen molar-refractivity contribution in [2.75, 3.05) is 7.11 Å². The molecule has 0 aliphatic heterocycles. The normalized spacial score (nSPS) is 10.6. The molecule has 16 heavy (non-hydrogen) atoms. The largest absolute Gasteiger partial charge is 0.494 e.